The minimum absolute atomic E-state index is 0.425. The van der Waals surface area contributed by atoms with Crippen LogP contribution in [0, 0.1) is 12.3 Å². The number of rotatable bonds is 9. The second-order valence-corrected chi connectivity index (χ2v) is 6.41. The van der Waals surface area contributed by atoms with E-state index in [-0.39, 0.29) is 0 Å². The van der Waals surface area contributed by atoms with Crippen molar-refractivity contribution in [2.24, 2.45) is 0 Å². The van der Waals surface area contributed by atoms with Crippen LogP contribution in [0.1, 0.15) is 62.6 Å². The summed E-state index contributed by atoms with van der Waals surface area (Å²) < 4.78 is 0. The average molecular weight is 323 g/mol. The van der Waals surface area contributed by atoms with Crippen LogP contribution in [0.25, 0.3) is 0 Å². The van der Waals surface area contributed by atoms with E-state index in [4.69, 9.17) is 5.41 Å². The van der Waals surface area contributed by atoms with Gasteiger partial charge in [0.15, 0.2) is 0 Å². The number of nitrogens with one attached hydrogen (secondary N) is 2. The van der Waals surface area contributed by atoms with Gasteiger partial charge in [0.1, 0.15) is 5.82 Å². The lowest BCUT2D eigenvalue weighted by atomic mass is 10.0. The SMILES string of the molecule is CCCCC(CCC)Nc1ncccc1C(=N)c1ccc(C)cc1. The Morgan fingerprint density at radius 3 is 2.50 bits per heavy atom. The Hall–Kier alpha value is -2.16. The molecule has 0 aliphatic rings. The minimum Gasteiger partial charge on any atom is -0.367 e. The number of anilines is 1. The molecule has 24 heavy (non-hydrogen) atoms. The standard InChI is InChI=1S/C21H29N3/c1-4-6-9-18(8-5-2)24-21-19(10-7-15-23-21)20(22)17-13-11-16(3)12-14-17/h7,10-15,18,22H,4-6,8-9H2,1-3H3,(H,23,24). The summed E-state index contributed by atoms with van der Waals surface area (Å²) in [6.07, 6.45) is 7.66. The maximum absolute atomic E-state index is 8.59. The Morgan fingerprint density at radius 1 is 1.08 bits per heavy atom. The molecule has 1 heterocycles. The summed E-state index contributed by atoms with van der Waals surface area (Å²) in [7, 11) is 0. The van der Waals surface area contributed by atoms with Gasteiger partial charge >= 0.3 is 0 Å². The van der Waals surface area contributed by atoms with Crippen molar-refractivity contribution in [3.05, 3.63) is 59.3 Å². The van der Waals surface area contributed by atoms with Gasteiger partial charge < -0.3 is 5.32 Å². The second-order valence-electron chi connectivity index (χ2n) is 6.41. The third-order valence-electron chi connectivity index (χ3n) is 4.30. The zero-order valence-electron chi connectivity index (χ0n) is 15.1. The molecular weight excluding hydrogens is 294 g/mol. The molecule has 1 aromatic carbocycles. The molecule has 3 heteroatoms. The molecule has 0 saturated heterocycles. The molecule has 2 rings (SSSR count). The van der Waals surface area contributed by atoms with Crippen molar-refractivity contribution in [3.63, 3.8) is 0 Å². The smallest absolute Gasteiger partial charge is 0.135 e. The van der Waals surface area contributed by atoms with Crippen molar-refractivity contribution in [2.75, 3.05) is 5.32 Å². The zero-order valence-corrected chi connectivity index (χ0v) is 15.1. The highest BCUT2D eigenvalue weighted by Crippen LogP contribution is 2.20. The summed E-state index contributed by atoms with van der Waals surface area (Å²) in [4.78, 5) is 4.52. The van der Waals surface area contributed by atoms with E-state index in [1.165, 1.54) is 18.4 Å². The molecule has 0 saturated carbocycles. The van der Waals surface area contributed by atoms with Crippen LogP contribution in [0.5, 0.6) is 0 Å². The first kappa shape index (κ1) is 18.2. The summed E-state index contributed by atoms with van der Waals surface area (Å²) in [5.74, 6) is 0.831. The van der Waals surface area contributed by atoms with E-state index in [0.717, 1.165) is 36.2 Å². The molecule has 0 spiro atoms. The second kappa shape index (κ2) is 9.21. The average Bonchev–Trinajstić information content (AvgIpc) is 2.60. The molecule has 1 aromatic heterocycles. The number of aromatic nitrogens is 1. The maximum Gasteiger partial charge on any atom is 0.135 e. The van der Waals surface area contributed by atoms with Gasteiger partial charge in [0, 0.05) is 23.4 Å². The molecular formula is C21H29N3. The van der Waals surface area contributed by atoms with Crippen LogP contribution in [-0.2, 0) is 0 Å². The molecule has 0 amide bonds. The molecule has 0 bridgehead atoms. The van der Waals surface area contributed by atoms with E-state index < -0.39 is 0 Å². The largest absolute Gasteiger partial charge is 0.367 e. The summed E-state index contributed by atoms with van der Waals surface area (Å²) in [6, 6.07) is 12.4. The lowest BCUT2D eigenvalue weighted by molar-refractivity contribution is 0.563. The van der Waals surface area contributed by atoms with Crippen LogP contribution in [-0.4, -0.2) is 16.7 Å². The van der Waals surface area contributed by atoms with Gasteiger partial charge in [-0.2, -0.15) is 0 Å². The van der Waals surface area contributed by atoms with Crippen molar-refractivity contribution >= 4 is 11.5 Å². The molecule has 1 atom stereocenters. The van der Waals surface area contributed by atoms with E-state index >= 15 is 0 Å². The predicted octanol–water partition coefficient (Wildman–Crippen LogP) is 5.58. The highest BCUT2D eigenvalue weighted by molar-refractivity contribution is 6.13. The monoisotopic (exact) mass is 323 g/mol. The highest BCUT2D eigenvalue weighted by atomic mass is 15.0. The molecule has 0 aliphatic heterocycles. The summed E-state index contributed by atoms with van der Waals surface area (Å²) in [5.41, 5.74) is 3.53. The lowest BCUT2D eigenvalue weighted by Gasteiger charge is -2.20. The molecule has 128 valence electrons. The number of pyridine rings is 1. The third kappa shape index (κ3) is 4.92. The minimum atomic E-state index is 0.425. The van der Waals surface area contributed by atoms with Crippen LogP contribution >= 0.6 is 0 Å². The Labute approximate surface area is 146 Å². The molecule has 3 nitrogen and oxygen atoms in total. The molecule has 0 radical (unpaired) electrons. The number of unbranched alkanes of at least 4 members (excludes halogenated alkanes) is 1. The number of nitrogens with zero attached hydrogens (tertiary/aromatic N) is 1. The van der Waals surface area contributed by atoms with Crippen molar-refractivity contribution in [3.8, 4) is 0 Å². The van der Waals surface area contributed by atoms with E-state index in [1.54, 1.807) is 6.20 Å². The van der Waals surface area contributed by atoms with Gasteiger partial charge in [0.2, 0.25) is 0 Å². The third-order valence-corrected chi connectivity index (χ3v) is 4.30. The van der Waals surface area contributed by atoms with Crippen molar-refractivity contribution in [2.45, 2.75) is 58.9 Å². The first-order chi connectivity index (χ1) is 11.7. The Kier molecular flexibility index (Phi) is 6.98. The first-order valence-electron chi connectivity index (χ1n) is 9.03. The predicted molar refractivity (Wildman–Crippen MR) is 103 cm³/mol. The summed E-state index contributed by atoms with van der Waals surface area (Å²) >= 11 is 0. The fourth-order valence-corrected chi connectivity index (χ4v) is 2.88. The fourth-order valence-electron chi connectivity index (χ4n) is 2.88. The van der Waals surface area contributed by atoms with E-state index in [0.29, 0.717) is 11.8 Å². The molecule has 0 fully saturated rings. The van der Waals surface area contributed by atoms with E-state index in [2.05, 4.69) is 43.2 Å². The first-order valence-corrected chi connectivity index (χ1v) is 9.03. The number of aryl methyl sites for hydroxylation is 1. The Morgan fingerprint density at radius 2 is 1.83 bits per heavy atom. The Balaban J connectivity index is 2.22. The number of hydrogen-bond donors (Lipinski definition) is 2. The van der Waals surface area contributed by atoms with Gasteiger partial charge in [0.05, 0.1) is 5.71 Å². The van der Waals surface area contributed by atoms with E-state index in [1.807, 2.05) is 24.3 Å². The van der Waals surface area contributed by atoms with Gasteiger partial charge in [-0.3, -0.25) is 5.41 Å². The van der Waals surface area contributed by atoms with E-state index in [9.17, 15) is 0 Å². The molecule has 2 aromatic rings. The lowest BCUT2D eigenvalue weighted by Crippen LogP contribution is -2.22. The van der Waals surface area contributed by atoms with Gasteiger partial charge in [-0.25, -0.2) is 4.98 Å². The van der Waals surface area contributed by atoms with Crippen LogP contribution < -0.4 is 5.32 Å². The van der Waals surface area contributed by atoms with Gasteiger partial charge in [-0.15, -0.1) is 0 Å². The van der Waals surface area contributed by atoms with Gasteiger partial charge in [-0.05, 0) is 31.9 Å². The summed E-state index contributed by atoms with van der Waals surface area (Å²) in [6.45, 7) is 6.50. The number of hydrogen-bond acceptors (Lipinski definition) is 3. The van der Waals surface area contributed by atoms with Crippen LogP contribution in [0.15, 0.2) is 42.6 Å². The summed E-state index contributed by atoms with van der Waals surface area (Å²) in [5, 5.41) is 12.2. The topological polar surface area (TPSA) is 48.8 Å². The van der Waals surface area contributed by atoms with Crippen molar-refractivity contribution < 1.29 is 0 Å². The fraction of sp³-hybridized carbons (Fsp3) is 0.429. The number of benzene rings is 1. The van der Waals surface area contributed by atoms with Crippen LogP contribution in [0.2, 0.25) is 0 Å². The van der Waals surface area contributed by atoms with Crippen molar-refractivity contribution in [1.82, 2.24) is 4.98 Å². The Bertz CT molecular complexity index is 646. The van der Waals surface area contributed by atoms with Crippen LogP contribution in [0.4, 0.5) is 5.82 Å². The van der Waals surface area contributed by atoms with Crippen molar-refractivity contribution in [1.29, 1.82) is 5.41 Å². The molecule has 0 aliphatic carbocycles. The highest BCUT2D eigenvalue weighted by Gasteiger charge is 2.14. The van der Waals surface area contributed by atoms with Crippen LogP contribution in [0.3, 0.4) is 0 Å². The molecule has 1 unspecified atom stereocenters. The quantitative estimate of drug-likeness (QED) is 0.592. The normalized spacial score (nSPS) is 12.0. The maximum atomic E-state index is 8.59. The van der Waals surface area contributed by atoms with Gasteiger partial charge in [-0.1, -0.05) is 62.9 Å². The molecule has 2 N–H and O–H groups in total. The van der Waals surface area contributed by atoms with Gasteiger partial charge in [0.25, 0.3) is 0 Å². The zero-order chi connectivity index (χ0) is 17.4.